The molecule has 0 fully saturated rings. The van der Waals surface area contributed by atoms with E-state index in [9.17, 15) is 9.90 Å². The summed E-state index contributed by atoms with van der Waals surface area (Å²) in [4.78, 5) is 15.6. The number of carbonyl (C=O) groups excluding carboxylic acids is 1. The molecule has 0 atom stereocenters. The van der Waals surface area contributed by atoms with Crippen molar-refractivity contribution in [1.29, 1.82) is 0 Å². The third-order valence-corrected chi connectivity index (χ3v) is 3.06. The van der Waals surface area contributed by atoms with Crippen LogP contribution in [-0.2, 0) is 0 Å². The van der Waals surface area contributed by atoms with Gasteiger partial charge in [-0.2, -0.15) is 5.10 Å². The van der Waals surface area contributed by atoms with E-state index in [1.165, 1.54) is 18.6 Å². The highest BCUT2D eigenvalue weighted by atomic mass is 79.9. The Morgan fingerprint density at radius 3 is 2.80 bits per heavy atom. The second kappa shape index (κ2) is 6.29. The average molecular weight is 334 g/mol. The van der Waals surface area contributed by atoms with Gasteiger partial charge in [-0.1, -0.05) is 15.9 Å². The standard InChI is InChI=1S/C14H12BrN3O2/c1-9-6-12(15)7-11(13(9)19)8-17-18-14(20)10-2-4-16-5-3-10/h2-8,19H,1H3,(H,18,20)/b17-8-. The Morgan fingerprint density at radius 2 is 2.10 bits per heavy atom. The number of hydrazone groups is 1. The molecule has 0 aliphatic carbocycles. The summed E-state index contributed by atoms with van der Waals surface area (Å²) >= 11 is 3.34. The Bertz CT molecular complexity index is 657. The lowest BCUT2D eigenvalue weighted by Gasteiger charge is -2.04. The van der Waals surface area contributed by atoms with Gasteiger partial charge in [0.25, 0.3) is 5.91 Å². The molecule has 1 amide bonds. The van der Waals surface area contributed by atoms with Crippen molar-refractivity contribution in [1.82, 2.24) is 10.4 Å². The molecule has 1 heterocycles. The maximum Gasteiger partial charge on any atom is 0.271 e. The number of halogens is 1. The molecular formula is C14H12BrN3O2. The Balaban J connectivity index is 2.10. The van der Waals surface area contributed by atoms with Crippen LogP contribution in [0, 0.1) is 6.92 Å². The molecule has 0 saturated carbocycles. The summed E-state index contributed by atoms with van der Waals surface area (Å²) in [5, 5.41) is 13.7. The van der Waals surface area contributed by atoms with Crippen LogP contribution in [0.3, 0.4) is 0 Å². The van der Waals surface area contributed by atoms with Crippen molar-refractivity contribution in [3.05, 3.63) is 57.8 Å². The minimum absolute atomic E-state index is 0.134. The predicted molar refractivity (Wildman–Crippen MR) is 79.8 cm³/mol. The second-order valence-electron chi connectivity index (χ2n) is 4.10. The molecule has 1 aromatic heterocycles. The number of amides is 1. The van der Waals surface area contributed by atoms with Gasteiger partial charge in [0.05, 0.1) is 6.21 Å². The van der Waals surface area contributed by atoms with Crippen molar-refractivity contribution in [2.75, 3.05) is 0 Å². The number of nitrogens with zero attached hydrogens (tertiary/aromatic N) is 2. The van der Waals surface area contributed by atoms with Gasteiger partial charge in [-0.05, 0) is 36.8 Å². The first kappa shape index (κ1) is 14.2. The molecule has 0 bridgehead atoms. The van der Waals surface area contributed by atoms with Crippen LogP contribution in [0.25, 0.3) is 0 Å². The van der Waals surface area contributed by atoms with Crippen LogP contribution in [0.5, 0.6) is 5.75 Å². The van der Waals surface area contributed by atoms with E-state index in [1.807, 2.05) is 0 Å². The molecule has 0 aliphatic rings. The molecule has 2 N–H and O–H groups in total. The quantitative estimate of drug-likeness (QED) is 0.669. The Kier molecular flexibility index (Phi) is 4.47. The lowest BCUT2D eigenvalue weighted by Crippen LogP contribution is -2.17. The SMILES string of the molecule is Cc1cc(Br)cc(/C=N\NC(=O)c2ccncc2)c1O. The number of carbonyl (C=O) groups is 1. The first-order valence-electron chi connectivity index (χ1n) is 5.80. The number of hydrogen-bond acceptors (Lipinski definition) is 4. The number of nitrogens with one attached hydrogen (secondary N) is 1. The summed E-state index contributed by atoms with van der Waals surface area (Å²) in [6.07, 6.45) is 4.45. The number of aryl methyl sites for hydroxylation is 1. The third-order valence-electron chi connectivity index (χ3n) is 2.61. The maximum absolute atomic E-state index is 11.7. The fourth-order valence-corrected chi connectivity index (χ4v) is 2.18. The van der Waals surface area contributed by atoms with Crippen LogP contribution in [0.4, 0.5) is 0 Å². The minimum atomic E-state index is -0.338. The van der Waals surface area contributed by atoms with Crippen molar-refractivity contribution in [3.63, 3.8) is 0 Å². The summed E-state index contributed by atoms with van der Waals surface area (Å²) in [5.41, 5.74) is 4.10. The summed E-state index contributed by atoms with van der Waals surface area (Å²) < 4.78 is 0.828. The van der Waals surface area contributed by atoms with E-state index in [2.05, 4.69) is 31.4 Å². The fraction of sp³-hybridized carbons (Fsp3) is 0.0714. The number of pyridine rings is 1. The summed E-state index contributed by atoms with van der Waals surface area (Å²) in [6, 6.07) is 6.68. The van der Waals surface area contributed by atoms with Gasteiger partial charge < -0.3 is 5.11 Å². The zero-order chi connectivity index (χ0) is 14.5. The van der Waals surface area contributed by atoms with Crippen molar-refractivity contribution in [2.45, 2.75) is 6.92 Å². The van der Waals surface area contributed by atoms with Gasteiger partial charge in [-0.25, -0.2) is 5.43 Å². The van der Waals surface area contributed by atoms with Gasteiger partial charge in [0.2, 0.25) is 0 Å². The number of aromatic hydroxyl groups is 1. The molecule has 20 heavy (non-hydrogen) atoms. The van der Waals surface area contributed by atoms with Gasteiger partial charge >= 0.3 is 0 Å². The van der Waals surface area contributed by atoms with E-state index in [0.29, 0.717) is 11.1 Å². The Morgan fingerprint density at radius 1 is 1.40 bits per heavy atom. The zero-order valence-electron chi connectivity index (χ0n) is 10.7. The van der Waals surface area contributed by atoms with E-state index in [4.69, 9.17) is 0 Å². The van der Waals surface area contributed by atoms with Crippen LogP contribution in [-0.4, -0.2) is 22.2 Å². The number of benzene rings is 1. The lowest BCUT2D eigenvalue weighted by atomic mass is 10.1. The minimum Gasteiger partial charge on any atom is -0.507 e. The predicted octanol–water partition coefficient (Wildman–Crippen LogP) is 2.62. The van der Waals surface area contributed by atoms with Crippen molar-refractivity contribution < 1.29 is 9.90 Å². The van der Waals surface area contributed by atoms with Gasteiger partial charge in [-0.15, -0.1) is 0 Å². The summed E-state index contributed by atoms with van der Waals surface area (Å²) in [7, 11) is 0. The van der Waals surface area contributed by atoms with Gasteiger partial charge in [0.1, 0.15) is 5.75 Å². The van der Waals surface area contributed by atoms with E-state index < -0.39 is 0 Å². The second-order valence-corrected chi connectivity index (χ2v) is 5.01. The highest BCUT2D eigenvalue weighted by Crippen LogP contribution is 2.25. The molecule has 2 aromatic rings. The molecule has 0 radical (unpaired) electrons. The number of phenols is 1. The van der Waals surface area contributed by atoms with E-state index >= 15 is 0 Å². The zero-order valence-corrected chi connectivity index (χ0v) is 12.3. The molecular weight excluding hydrogens is 322 g/mol. The van der Waals surface area contributed by atoms with E-state index in [0.717, 1.165) is 10.0 Å². The van der Waals surface area contributed by atoms with Crippen LogP contribution in [0.15, 0.2) is 46.2 Å². The molecule has 102 valence electrons. The first-order valence-corrected chi connectivity index (χ1v) is 6.60. The van der Waals surface area contributed by atoms with Crippen molar-refractivity contribution >= 4 is 28.1 Å². The van der Waals surface area contributed by atoms with E-state index in [1.54, 1.807) is 31.2 Å². The summed E-state index contributed by atoms with van der Waals surface area (Å²) in [6.45, 7) is 1.78. The topological polar surface area (TPSA) is 74.6 Å². The largest absolute Gasteiger partial charge is 0.507 e. The van der Waals surface area contributed by atoms with Crippen molar-refractivity contribution in [2.24, 2.45) is 5.10 Å². The number of phenolic OH excluding ortho intramolecular Hbond substituents is 1. The highest BCUT2D eigenvalue weighted by Gasteiger charge is 2.05. The van der Waals surface area contributed by atoms with Crippen LogP contribution >= 0.6 is 15.9 Å². The molecule has 0 saturated heterocycles. The van der Waals surface area contributed by atoms with Gasteiger partial charge in [0, 0.05) is 28.0 Å². The fourth-order valence-electron chi connectivity index (χ4n) is 1.59. The molecule has 2 rings (SSSR count). The summed E-state index contributed by atoms with van der Waals surface area (Å²) in [5.74, 6) is -0.204. The number of aromatic nitrogens is 1. The lowest BCUT2D eigenvalue weighted by molar-refractivity contribution is 0.0955. The normalized spacial score (nSPS) is 10.7. The molecule has 1 aromatic carbocycles. The maximum atomic E-state index is 11.7. The Hall–Kier alpha value is -2.21. The van der Waals surface area contributed by atoms with Crippen molar-refractivity contribution in [3.8, 4) is 5.75 Å². The highest BCUT2D eigenvalue weighted by molar-refractivity contribution is 9.10. The third kappa shape index (κ3) is 3.42. The number of rotatable bonds is 3. The smallest absolute Gasteiger partial charge is 0.271 e. The molecule has 0 spiro atoms. The van der Waals surface area contributed by atoms with Gasteiger partial charge in [0.15, 0.2) is 0 Å². The Labute approximate surface area is 124 Å². The molecule has 5 nitrogen and oxygen atoms in total. The van der Waals surface area contributed by atoms with Gasteiger partial charge in [-0.3, -0.25) is 9.78 Å². The van der Waals surface area contributed by atoms with E-state index in [-0.39, 0.29) is 11.7 Å². The first-order chi connectivity index (χ1) is 9.58. The molecule has 6 heteroatoms. The number of hydrogen-bond donors (Lipinski definition) is 2. The molecule has 0 aliphatic heterocycles. The van der Waals surface area contributed by atoms with Crippen LogP contribution in [0.2, 0.25) is 0 Å². The van der Waals surface area contributed by atoms with Crippen LogP contribution in [0.1, 0.15) is 21.5 Å². The average Bonchev–Trinajstić information content (AvgIpc) is 2.44. The molecule has 0 unspecified atom stereocenters. The van der Waals surface area contributed by atoms with Crippen LogP contribution < -0.4 is 5.43 Å². The monoisotopic (exact) mass is 333 g/mol.